The molecular formula is C23H15ClN2O2. The molecule has 5 aromatic rings. The number of fused-ring (bicyclic) bond motifs is 2. The number of hydrogen-bond donors (Lipinski definition) is 1. The van der Waals surface area contributed by atoms with Crippen LogP contribution >= 0.6 is 11.6 Å². The number of nitrogens with zero attached hydrogens (tertiary/aromatic N) is 1. The number of nitrogens with one attached hydrogen (secondary N) is 1. The van der Waals surface area contributed by atoms with Gasteiger partial charge in [-0.2, -0.15) is 0 Å². The summed E-state index contributed by atoms with van der Waals surface area (Å²) in [5, 5.41) is 7.57. The fourth-order valence-electron chi connectivity index (χ4n) is 3.70. The molecule has 2 heterocycles. The highest BCUT2D eigenvalue weighted by atomic mass is 35.5. The molecule has 0 saturated heterocycles. The third-order valence-corrected chi connectivity index (χ3v) is 5.14. The van der Waals surface area contributed by atoms with Gasteiger partial charge in [0.2, 0.25) is 0 Å². The molecule has 3 aromatic carbocycles. The van der Waals surface area contributed by atoms with Gasteiger partial charge in [-0.05, 0) is 41.5 Å². The van der Waals surface area contributed by atoms with Gasteiger partial charge in [0.25, 0.3) is 5.56 Å². The van der Waals surface area contributed by atoms with Crippen molar-refractivity contribution in [3.8, 4) is 22.5 Å². The van der Waals surface area contributed by atoms with Crippen LogP contribution in [-0.2, 0) is 0 Å². The van der Waals surface area contributed by atoms with E-state index in [0.29, 0.717) is 22.0 Å². The molecular weight excluding hydrogens is 372 g/mol. The van der Waals surface area contributed by atoms with E-state index in [0.717, 1.165) is 32.8 Å². The van der Waals surface area contributed by atoms with Crippen molar-refractivity contribution >= 4 is 33.3 Å². The number of aromatic nitrogens is 2. The molecule has 5 rings (SSSR count). The largest absolute Gasteiger partial charge is 0.356 e. The predicted octanol–water partition coefficient (Wildman–Crippen LogP) is 5.97. The van der Waals surface area contributed by atoms with E-state index >= 15 is 0 Å². The standard InChI is InChI=1S/C23H15ClN2O2/c1-13-11-20(28-26-13)22-21(17-8-4-6-14-5-2-3-7-16(14)17)18-12-15(24)9-10-19(18)25-23(22)27/h2-12H,1H3,(H,25,27). The smallest absolute Gasteiger partial charge is 0.260 e. The number of pyridine rings is 1. The number of hydrogen-bond acceptors (Lipinski definition) is 3. The molecule has 0 aliphatic carbocycles. The molecule has 0 spiro atoms. The number of H-pyrrole nitrogens is 1. The van der Waals surface area contributed by atoms with Gasteiger partial charge in [0.15, 0.2) is 5.76 Å². The van der Waals surface area contributed by atoms with E-state index in [-0.39, 0.29) is 5.56 Å². The molecule has 1 N–H and O–H groups in total. The number of rotatable bonds is 2. The summed E-state index contributed by atoms with van der Waals surface area (Å²) in [5.74, 6) is 0.434. The van der Waals surface area contributed by atoms with Gasteiger partial charge in [-0.25, -0.2) is 0 Å². The van der Waals surface area contributed by atoms with Crippen molar-refractivity contribution in [1.29, 1.82) is 0 Å². The van der Waals surface area contributed by atoms with E-state index in [4.69, 9.17) is 16.1 Å². The van der Waals surface area contributed by atoms with Crippen molar-refractivity contribution in [2.24, 2.45) is 0 Å². The Hall–Kier alpha value is -3.37. The first-order valence-corrected chi connectivity index (χ1v) is 9.27. The van der Waals surface area contributed by atoms with Crippen molar-refractivity contribution in [1.82, 2.24) is 10.1 Å². The Morgan fingerprint density at radius 2 is 1.75 bits per heavy atom. The summed E-state index contributed by atoms with van der Waals surface area (Å²) in [4.78, 5) is 16.0. The summed E-state index contributed by atoms with van der Waals surface area (Å²) < 4.78 is 5.48. The zero-order valence-electron chi connectivity index (χ0n) is 15.0. The molecule has 5 heteroatoms. The fraction of sp³-hybridized carbons (Fsp3) is 0.0435. The lowest BCUT2D eigenvalue weighted by atomic mass is 9.91. The topological polar surface area (TPSA) is 58.9 Å². The highest BCUT2D eigenvalue weighted by Crippen LogP contribution is 2.39. The molecule has 0 radical (unpaired) electrons. The van der Waals surface area contributed by atoms with E-state index in [1.54, 1.807) is 12.1 Å². The maximum atomic E-state index is 13.1. The molecule has 0 atom stereocenters. The molecule has 0 saturated carbocycles. The van der Waals surface area contributed by atoms with Gasteiger partial charge >= 0.3 is 0 Å². The molecule has 136 valence electrons. The van der Waals surface area contributed by atoms with Crippen LogP contribution in [0, 0.1) is 6.92 Å². The van der Waals surface area contributed by atoms with Gasteiger partial charge in [-0.1, -0.05) is 59.2 Å². The lowest BCUT2D eigenvalue weighted by Gasteiger charge is -2.14. The van der Waals surface area contributed by atoms with Crippen molar-refractivity contribution in [2.75, 3.05) is 0 Å². The second-order valence-electron chi connectivity index (χ2n) is 6.75. The van der Waals surface area contributed by atoms with Crippen molar-refractivity contribution in [3.05, 3.63) is 87.8 Å². The molecule has 0 amide bonds. The molecule has 0 aliphatic rings. The monoisotopic (exact) mass is 386 g/mol. The summed E-state index contributed by atoms with van der Waals surface area (Å²) in [7, 11) is 0. The van der Waals surface area contributed by atoms with E-state index in [1.807, 2.05) is 43.3 Å². The lowest BCUT2D eigenvalue weighted by Crippen LogP contribution is -2.11. The lowest BCUT2D eigenvalue weighted by molar-refractivity contribution is 0.427. The normalized spacial score (nSPS) is 11.4. The Morgan fingerprint density at radius 3 is 2.57 bits per heavy atom. The Balaban J connectivity index is 2.01. The zero-order chi connectivity index (χ0) is 19.3. The van der Waals surface area contributed by atoms with Crippen LogP contribution in [0.15, 0.2) is 76.0 Å². The highest BCUT2D eigenvalue weighted by Gasteiger charge is 2.21. The highest BCUT2D eigenvalue weighted by molar-refractivity contribution is 6.31. The first-order valence-electron chi connectivity index (χ1n) is 8.89. The molecule has 0 bridgehead atoms. The third-order valence-electron chi connectivity index (χ3n) is 4.91. The van der Waals surface area contributed by atoms with E-state index in [1.165, 1.54) is 0 Å². The van der Waals surface area contributed by atoms with E-state index < -0.39 is 0 Å². The number of benzene rings is 3. The summed E-state index contributed by atoms with van der Waals surface area (Å²) in [5.41, 5.74) is 3.39. The Bertz CT molecular complexity index is 1410. The average Bonchev–Trinajstić information content (AvgIpc) is 3.13. The van der Waals surface area contributed by atoms with Gasteiger partial charge in [0, 0.05) is 27.6 Å². The number of aromatic amines is 1. The molecule has 0 unspecified atom stereocenters. The average molecular weight is 387 g/mol. The van der Waals surface area contributed by atoms with Crippen LogP contribution in [0.25, 0.3) is 44.1 Å². The van der Waals surface area contributed by atoms with Gasteiger partial charge in [-0.3, -0.25) is 4.79 Å². The fourth-order valence-corrected chi connectivity index (χ4v) is 3.88. The van der Waals surface area contributed by atoms with Crippen LogP contribution in [0.1, 0.15) is 5.69 Å². The minimum atomic E-state index is -0.228. The minimum Gasteiger partial charge on any atom is -0.356 e. The Labute approximate surface area is 165 Å². The summed E-state index contributed by atoms with van der Waals surface area (Å²) in [6.07, 6.45) is 0. The molecule has 4 nitrogen and oxygen atoms in total. The van der Waals surface area contributed by atoms with Gasteiger partial charge in [0.1, 0.15) is 0 Å². The zero-order valence-corrected chi connectivity index (χ0v) is 15.7. The third kappa shape index (κ3) is 2.62. The second kappa shape index (κ2) is 6.36. The van der Waals surface area contributed by atoms with Gasteiger partial charge in [0.05, 0.1) is 11.3 Å². The van der Waals surface area contributed by atoms with E-state index in [2.05, 4.69) is 28.3 Å². The van der Waals surface area contributed by atoms with Gasteiger partial charge < -0.3 is 9.51 Å². The Kier molecular flexibility index (Phi) is 3.81. The van der Waals surface area contributed by atoms with Crippen LogP contribution in [-0.4, -0.2) is 10.1 Å². The number of aryl methyl sites for hydroxylation is 1. The van der Waals surface area contributed by atoms with Crippen molar-refractivity contribution < 1.29 is 4.52 Å². The van der Waals surface area contributed by atoms with Crippen LogP contribution in [0.4, 0.5) is 0 Å². The first kappa shape index (κ1) is 16.8. The summed E-state index contributed by atoms with van der Waals surface area (Å²) in [6, 6.07) is 21.4. The van der Waals surface area contributed by atoms with E-state index in [9.17, 15) is 4.79 Å². The molecule has 0 fully saturated rings. The summed E-state index contributed by atoms with van der Waals surface area (Å²) >= 11 is 6.31. The van der Waals surface area contributed by atoms with Crippen LogP contribution in [0.2, 0.25) is 5.02 Å². The minimum absolute atomic E-state index is 0.228. The maximum absolute atomic E-state index is 13.1. The molecule has 28 heavy (non-hydrogen) atoms. The Morgan fingerprint density at radius 1 is 0.929 bits per heavy atom. The van der Waals surface area contributed by atoms with Crippen molar-refractivity contribution in [2.45, 2.75) is 6.92 Å². The number of halogens is 1. The quantitative estimate of drug-likeness (QED) is 0.407. The summed E-state index contributed by atoms with van der Waals surface area (Å²) in [6.45, 7) is 1.83. The SMILES string of the molecule is Cc1cc(-c2c(-c3cccc4ccccc34)c3cc(Cl)ccc3[nH]c2=O)on1. The van der Waals surface area contributed by atoms with Crippen LogP contribution < -0.4 is 5.56 Å². The van der Waals surface area contributed by atoms with Crippen LogP contribution in [0.5, 0.6) is 0 Å². The van der Waals surface area contributed by atoms with Crippen LogP contribution in [0.3, 0.4) is 0 Å². The van der Waals surface area contributed by atoms with Gasteiger partial charge in [-0.15, -0.1) is 0 Å². The van der Waals surface area contributed by atoms with Crippen molar-refractivity contribution in [3.63, 3.8) is 0 Å². The molecule has 0 aliphatic heterocycles. The first-order chi connectivity index (χ1) is 13.6. The maximum Gasteiger partial charge on any atom is 0.260 e. The predicted molar refractivity (Wildman–Crippen MR) is 113 cm³/mol. The molecule has 2 aromatic heterocycles. The second-order valence-corrected chi connectivity index (χ2v) is 7.19.